The first-order valence-electron chi connectivity index (χ1n) is 8.26. The summed E-state index contributed by atoms with van der Waals surface area (Å²) < 4.78 is 5.52. The molecule has 0 radical (unpaired) electrons. The maximum atomic E-state index is 12.3. The summed E-state index contributed by atoms with van der Waals surface area (Å²) in [6.07, 6.45) is 2.45. The molecule has 2 amide bonds. The predicted molar refractivity (Wildman–Crippen MR) is 93.6 cm³/mol. The van der Waals surface area contributed by atoms with Crippen molar-refractivity contribution in [2.75, 3.05) is 16.8 Å². The van der Waals surface area contributed by atoms with Crippen LogP contribution in [0.25, 0.3) is 0 Å². The van der Waals surface area contributed by atoms with Crippen LogP contribution in [0.3, 0.4) is 0 Å². The van der Waals surface area contributed by atoms with Crippen molar-refractivity contribution < 1.29 is 14.0 Å². The van der Waals surface area contributed by atoms with Crippen molar-refractivity contribution in [3.8, 4) is 0 Å². The summed E-state index contributed by atoms with van der Waals surface area (Å²) in [6, 6.07) is 7.17. The standard InChI is InChI=1S/C17H19ClN4O3/c1-2-3-4-14(23)19-17-21-20-16(25-17)11-9-15(24)22(10-11)13-7-5-12(18)6-8-13/h5-8,11H,2-4,9-10H2,1H3,(H,19,21,23). The van der Waals surface area contributed by atoms with Crippen LogP contribution < -0.4 is 10.2 Å². The van der Waals surface area contributed by atoms with Gasteiger partial charge in [0.2, 0.25) is 17.7 Å². The Hall–Kier alpha value is -2.41. The van der Waals surface area contributed by atoms with E-state index in [2.05, 4.69) is 15.5 Å². The van der Waals surface area contributed by atoms with Gasteiger partial charge in [0, 0.05) is 30.1 Å². The number of anilines is 2. The molecule has 0 spiro atoms. The van der Waals surface area contributed by atoms with Crippen LogP contribution in [0.4, 0.5) is 11.7 Å². The minimum Gasteiger partial charge on any atom is -0.407 e. The highest BCUT2D eigenvalue weighted by Crippen LogP contribution is 2.32. The topological polar surface area (TPSA) is 88.3 Å². The average molecular weight is 363 g/mol. The van der Waals surface area contributed by atoms with Gasteiger partial charge in [0.1, 0.15) is 0 Å². The van der Waals surface area contributed by atoms with Crippen molar-refractivity contribution in [2.45, 2.75) is 38.5 Å². The van der Waals surface area contributed by atoms with E-state index in [1.54, 1.807) is 29.2 Å². The Bertz CT molecular complexity index is 760. The minimum absolute atomic E-state index is 0.0148. The van der Waals surface area contributed by atoms with Gasteiger partial charge in [0.05, 0.1) is 5.92 Å². The molecule has 2 heterocycles. The van der Waals surface area contributed by atoms with Gasteiger partial charge in [0.15, 0.2) is 0 Å². The van der Waals surface area contributed by atoms with Crippen molar-refractivity contribution in [2.24, 2.45) is 0 Å². The maximum absolute atomic E-state index is 12.3. The van der Waals surface area contributed by atoms with E-state index in [4.69, 9.17) is 16.0 Å². The zero-order valence-electron chi connectivity index (χ0n) is 13.9. The van der Waals surface area contributed by atoms with Gasteiger partial charge in [-0.2, -0.15) is 0 Å². The zero-order chi connectivity index (χ0) is 17.8. The van der Waals surface area contributed by atoms with Crippen LogP contribution in [0.15, 0.2) is 28.7 Å². The molecule has 1 aliphatic heterocycles. The zero-order valence-corrected chi connectivity index (χ0v) is 14.6. The third kappa shape index (κ3) is 4.17. The summed E-state index contributed by atoms with van der Waals surface area (Å²) in [6.45, 7) is 2.47. The van der Waals surface area contributed by atoms with Gasteiger partial charge in [-0.25, -0.2) is 0 Å². The van der Waals surface area contributed by atoms with E-state index in [-0.39, 0.29) is 30.2 Å². The van der Waals surface area contributed by atoms with Crippen molar-refractivity contribution in [3.05, 3.63) is 35.2 Å². The van der Waals surface area contributed by atoms with Gasteiger partial charge in [-0.15, -0.1) is 5.10 Å². The molecule has 25 heavy (non-hydrogen) atoms. The lowest BCUT2D eigenvalue weighted by molar-refractivity contribution is -0.117. The normalized spacial score (nSPS) is 17.1. The highest BCUT2D eigenvalue weighted by Gasteiger charge is 2.35. The first-order valence-corrected chi connectivity index (χ1v) is 8.63. The lowest BCUT2D eigenvalue weighted by Gasteiger charge is -2.15. The second kappa shape index (κ2) is 7.65. The fourth-order valence-electron chi connectivity index (χ4n) is 2.71. The summed E-state index contributed by atoms with van der Waals surface area (Å²) in [5, 5.41) is 11.0. The van der Waals surface area contributed by atoms with Crippen LogP contribution in [-0.2, 0) is 9.59 Å². The van der Waals surface area contributed by atoms with Crippen LogP contribution in [0.2, 0.25) is 5.02 Å². The van der Waals surface area contributed by atoms with Crippen molar-refractivity contribution in [3.63, 3.8) is 0 Å². The molecular formula is C17H19ClN4O3. The van der Waals surface area contributed by atoms with Crippen molar-refractivity contribution in [1.82, 2.24) is 10.2 Å². The molecular weight excluding hydrogens is 344 g/mol. The Balaban J connectivity index is 1.64. The molecule has 1 aromatic carbocycles. The number of hydrogen-bond acceptors (Lipinski definition) is 5. The molecule has 3 rings (SSSR count). The molecule has 1 aliphatic rings. The number of nitrogens with zero attached hydrogens (tertiary/aromatic N) is 3. The third-order valence-corrected chi connectivity index (χ3v) is 4.31. The summed E-state index contributed by atoms with van der Waals surface area (Å²) in [7, 11) is 0. The number of carbonyl (C=O) groups is 2. The summed E-state index contributed by atoms with van der Waals surface area (Å²) >= 11 is 5.88. The number of rotatable bonds is 6. The molecule has 1 saturated heterocycles. The number of aromatic nitrogens is 2. The lowest BCUT2D eigenvalue weighted by atomic mass is 10.1. The fraction of sp³-hybridized carbons (Fsp3) is 0.412. The summed E-state index contributed by atoms with van der Waals surface area (Å²) in [4.78, 5) is 25.7. The molecule has 0 saturated carbocycles. The van der Waals surface area contributed by atoms with Crippen molar-refractivity contribution in [1.29, 1.82) is 0 Å². The van der Waals surface area contributed by atoms with Gasteiger partial charge in [-0.3, -0.25) is 14.9 Å². The monoisotopic (exact) mass is 362 g/mol. The van der Waals surface area contributed by atoms with Crippen molar-refractivity contribution >= 4 is 35.1 Å². The van der Waals surface area contributed by atoms with E-state index in [9.17, 15) is 9.59 Å². The predicted octanol–water partition coefficient (Wildman–Crippen LogP) is 3.37. The van der Waals surface area contributed by atoms with E-state index in [1.165, 1.54) is 0 Å². The van der Waals surface area contributed by atoms with Gasteiger partial charge >= 0.3 is 6.01 Å². The number of amides is 2. The van der Waals surface area contributed by atoms with E-state index < -0.39 is 0 Å². The van der Waals surface area contributed by atoms with Gasteiger partial charge in [-0.05, 0) is 30.7 Å². The number of carbonyl (C=O) groups excluding carboxylic acids is 2. The SMILES string of the molecule is CCCCC(=O)Nc1nnc(C2CC(=O)N(c3ccc(Cl)cc3)C2)o1. The molecule has 0 aliphatic carbocycles. The Labute approximate surface area is 150 Å². The molecule has 1 N–H and O–H groups in total. The molecule has 1 fully saturated rings. The minimum atomic E-state index is -0.197. The second-order valence-corrected chi connectivity index (χ2v) is 6.42. The fourth-order valence-corrected chi connectivity index (χ4v) is 2.84. The van der Waals surface area contributed by atoms with Crippen LogP contribution in [0, 0.1) is 0 Å². The van der Waals surface area contributed by atoms with Gasteiger partial charge < -0.3 is 9.32 Å². The summed E-state index contributed by atoms with van der Waals surface area (Å²) in [5.41, 5.74) is 0.782. The van der Waals surface area contributed by atoms with E-state index in [0.29, 0.717) is 23.9 Å². The van der Waals surface area contributed by atoms with Crippen LogP contribution in [0.5, 0.6) is 0 Å². The Morgan fingerprint density at radius 3 is 2.84 bits per heavy atom. The highest BCUT2D eigenvalue weighted by molar-refractivity contribution is 6.30. The molecule has 132 valence electrons. The van der Waals surface area contributed by atoms with E-state index in [1.807, 2.05) is 6.92 Å². The molecule has 0 bridgehead atoms. The summed E-state index contributed by atoms with van der Waals surface area (Å²) in [5.74, 6) is -0.00558. The molecule has 2 aromatic rings. The second-order valence-electron chi connectivity index (χ2n) is 5.98. The Kier molecular flexibility index (Phi) is 5.33. The quantitative estimate of drug-likeness (QED) is 0.851. The molecule has 1 aromatic heterocycles. The smallest absolute Gasteiger partial charge is 0.322 e. The average Bonchev–Trinajstić information content (AvgIpc) is 3.20. The lowest BCUT2D eigenvalue weighted by Crippen LogP contribution is -2.24. The third-order valence-electron chi connectivity index (χ3n) is 4.06. The molecule has 1 atom stereocenters. The first kappa shape index (κ1) is 17.4. The molecule has 1 unspecified atom stereocenters. The Morgan fingerprint density at radius 1 is 1.36 bits per heavy atom. The molecule has 7 nitrogen and oxygen atoms in total. The number of benzene rings is 1. The first-order chi connectivity index (χ1) is 12.1. The van der Waals surface area contributed by atoms with Crippen LogP contribution in [-0.4, -0.2) is 28.6 Å². The number of halogens is 1. The molecule has 8 heteroatoms. The highest BCUT2D eigenvalue weighted by atomic mass is 35.5. The number of nitrogens with one attached hydrogen (secondary N) is 1. The van der Waals surface area contributed by atoms with Crippen LogP contribution >= 0.6 is 11.6 Å². The van der Waals surface area contributed by atoms with E-state index in [0.717, 1.165) is 18.5 Å². The number of hydrogen-bond donors (Lipinski definition) is 1. The Morgan fingerprint density at radius 2 is 2.12 bits per heavy atom. The van der Waals surface area contributed by atoms with Crippen LogP contribution in [0.1, 0.15) is 44.4 Å². The van der Waals surface area contributed by atoms with Gasteiger partial charge in [0.25, 0.3) is 0 Å². The largest absolute Gasteiger partial charge is 0.407 e. The van der Waals surface area contributed by atoms with Gasteiger partial charge in [-0.1, -0.05) is 30.0 Å². The maximum Gasteiger partial charge on any atom is 0.322 e. The van der Waals surface area contributed by atoms with E-state index >= 15 is 0 Å². The number of unbranched alkanes of at least 4 members (excludes halogenated alkanes) is 1.